The van der Waals surface area contributed by atoms with Crippen LogP contribution in [0.3, 0.4) is 0 Å². The van der Waals surface area contributed by atoms with Crippen LogP contribution in [0.4, 0.5) is 0 Å². The highest BCUT2D eigenvalue weighted by Gasteiger charge is 1.58. The Hall–Kier alpha value is -1.63. The molecule has 0 N–H and O–H groups in total. The molecule has 2 rings (SSSR count). The number of hydrogen-bond acceptors (Lipinski definition) is 1. The SMILES string of the molecule is C.c1ccccc1.c1ccncc1. The summed E-state index contributed by atoms with van der Waals surface area (Å²) in [6.45, 7) is 0. The zero-order valence-corrected chi connectivity index (χ0v) is 6.80. The van der Waals surface area contributed by atoms with E-state index in [1.807, 2.05) is 54.6 Å². The van der Waals surface area contributed by atoms with E-state index in [2.05, 4.69) is 4.98 Å². The van der Waals surface area contributed by atoms with Gasteiger partial charge in [-0.05, 0) is 12.1 Å². The summed E-state index contributed by atoms with van der Waals surface area (Å²) in [6, 6.07) is 17.7. The average molecular weight is 173 g/mol. The van der Waals surface area contributed by atoms with Gasteiger partial charge in [-0.3, -0.25) is 4.98 Å². The lowest BCUT2D eigenvalue weighted by atomic mass is 10.4. The fraction of sp³-hybridized carbons (Fsp3) is 0.0833. The molecule has 2 aromatic rings. The fourth-order valence-corrected chi connectivity index (χ4v) is 0.698. The van der Waals surface area contributed by atoms with Crippen molar-refractivity contribution in [2.24, 2.45) is 0 Å². The summed E-state index contributed by atoms with van der Waals surface area (Å²) in [7, 11) is 0. The fourth-order valence-electron chi connectivity index (χ4n) is 0.698. The van der Waals surface area contributed by atoms with Gasteiger partial charge in [-0.15, -0.1) is 0 Å². The number of nitrogens with zero attached hydrogens (tertiary/aromatic N) is 1. The van der Waals surface area contributed by atoms with Crippen molar-refractivity contribution in [1.82, 2.24) is 4.98 Å². The van der Waals surface area contributed by atoms with Crippen LogP contribution in [0.2, 0.25) is 0 Å². The third-order valence-corrected chi connectivity index (χ3v) is 1.23. The van der Waals surface area contributed by atoms with Crippen molar-refractivity contribution < 1.29 is 0 Å². The van der Waals surface area contributed by atoms with E-state index >= 15 is 0 Å². The molecule has 68 valence electrons. The van der Waals surface area contributed by atoms with Gasteiger partial charge in [-0.1, -0.05) is 49.9 Å². The highest BCUT2D eigenvalue weighted by molar-refractivity contribution is 4.99. The summed E-state index contributed by atoms with van der Waals surface area (Å²) in [5.74, 6) is 0. The molecule has 0 spiro atoms. The molecule has 0 aliphatic carbocycles. The molecule has 0 fully saturated rings. The Morgan fingerprint density at radius 2 is 0.769 bits per heavy atom. The molecule has 1 aromatic heterocycles. The van der Waals surface area contributed by atoms with Gasteiger partial charge in [0.2, 0.25) is 0 Å². The Morgan fingerprint density at radius 1 is 0.462 bits per heavy atom. The highest BCUT2D eigenvalue weighted by Crippen LogP contribution is 1.79. The van der Waals surface area contributed by atoms with Crippen LogP contribution < -0.4 is 0 Å². The summed E-state index contributed by atoms with van der Waals surface area (Å²) < 4.78 is 0. The van der Waals surface area contributed by atoms with E-state index in [4.69, 9.17) is 0 Å². The van der Waals surface area contributed by atoms with E-state index in [0.717, 1.165) is 0 Å². The van der Waals surface area contributed by atoms with Gasteiger partial charge in [0.25, 0.3) is 0 Å². The van der Waals surface area contributed by atoms with E-state index in [9.17, 15) is 0 Å². The number of rotatable bonds is 0. The molecule has 0 atom stereocenters. The molecule has 1 aromatic carbocycles. The molecule has 0 aliphatic heterocycles. The second-order valence-electron chi connectivity index (χ2n) is 2.18. The van der Waals surface area contributed by atoms with Gasteiger partial charge >= 0.3 is 0 Å². The van der Waals surface area contributed by atoms with Crippen molar-refractivity contribution >= 4 is 0 Å². The normalized spacial score (nSPS) is 7.38. The van der Waals surface area contributed by atoms with Crippen molar-refractivity contribution in [3.63, 3.8) is 0 Å². The van der Waals surface area contributed by atoms with Crippen LogP contribution >= 0.6 is 0 Å². The van der Waals surface area contributed by atoms with Crippen molar-refractivity contribution in [2.75, 3.05) is 0 Å². The van der Waals surface area contributed by atoms with Crippen LogP contribution in [-0.4, -0.2) is 4.98 Å². The molecule has 0 unspecified atom stereocenters. The Bertz CT molecular complexity index is 181. The molecule has 0 radical (unpaired) electrons. The molecular formula is C12H15N. The maximum atomic E-state index is 3.78. The lowest BCUT2D eigenvalue weighted by Crippen LogP contribution is -1.58. The minimum Gasteiger partial charge on any atom is -0.265 e. The van der Waals surface area contributed by atoms with Crippen LogP contribution in [0.15, 0.2) is 67.0 Å². The number of benzene rings is 1. The average Bonchev–Trinajstić information content (AvgIpc) is 2.24. The third-order valence-electron chi connectivity index (χ3n) is 1.23. The van der Waals surface area contributed by atoms with Gasteiger partial charge in [0.15, 0.2) is 0 Å². The lowest BCUT2D eigenvalue weighted by molar-refractivity contribution is 1.33. The maximum Gasteiger partial charge on any atom is 0.0267 e. The highest BCUT2D eigenvalue weighted by atomic mass is 14.6. The predicted octanol–water partition coefficient (Wildman–Crippen LogP) is 3.40. The minimum absolute atomic E-state index is 0. The van der Waals surface area contributed by atoms with Crippen LogP contribution in [0.25, 0.3) is 0 Å². The van der Waals surface area contributed by atoms with Crippen molar-refractivity contribution in [3.05, 3.63) is 67.0 Å². The first kappa shape index (κ1) is 11.4. The predicted molar refractivity (Wildman–Crippen MR) is 57.4 cm³/mol. The van der Waals surface area contributed by atoms with Crippen molar-refractivity contribution in [1.29, 1.82) is 0 Å². The van der Waals surface area contributed by atoms with Gasteiger partial charge in [-0.2, -0.15) is 0 Å². The van der Waals surface area contributed by atoms with Gasteiger partial charge in [0.1, 0.15) is 0 Å². The van der Waals surface area contributed by atoms with E-state index in [0.29, 0.717) is 0 Å². The van der Waals surface area contributed by atoms with Crippen molar-refractivity contribution in [2.45, 2.75) is 7.43 Å². The zero-order valence-electron chi connectivity index (χ0n) is 6.80. The molecule has 0 bridgehead atoms. The number of pyridine rings is 1. The molecule has 0 saturated heterocycles. The zero-order chi connectivity index (χ0) is 8.49. The summed E-state index contributed by atoms with van der Waals surface area (Å²) in [5.41, 5.74) is 0. The molecular weight excluding hydrogens is 158 g/mol. The van der Waals surface area contributed by atoms with Gasteiger partial charge in [0, 0.05) is 12.4 Å². The molecule has 1 heteroatoms. The Labute approximate surface area is 80.1 Å². The van der Waals surface area contributed by atoms with Gasteiger partial charge in [0.05, 0.1) is 0 Å². The van der Waals surface area contributed by atoms with Crippen LogP contribution in [-0.2, 0) is 0 Å². The van der Waals surface area contributed by atoms with Crippen LogP contribution in [0.1, 0.15) is 7.43 Å². The molecule has 1 heterocycles. The lowest BCUT2D eigenvalue weighted by Gasteiger charge is -1.70. The maximum absolute atomic E-state index is 3.78. The van der Waals surface area contributed by atoms with Gasteiger partial charge < -0.3 is 0 Å². The van der Waals surface area contributed by atoms with Crippen LogP contribution in [0, 0.1) is 0 Å². The Balaban J connectivity index is 0.000000206. The molecule has 0 amide bonds. The second-order valence-corrected chi connectivity index (χ2v) is 2.18. The molecule has 13 heavy (non-hydrogen) atoms. The first-order valence-electron chi connectivity index (χ1n) is 3.85. The molecule has 0 saturated carbocycles. The standard InChI is InChI=1S/C6H6.C5H5N.CH4/c2*1-2-4-6-5-3-1;/h1-6H;1-5H;1H4. The first-order chi connectivity index (χ1) is 6.00. The number of aromatic nitrogens is 1. The van der Waals surface area contributed by atoms with E-state index < -0.39 is 0 Å². The van der Waals surface area contributed by atoms with E-state index in [1.54, 1.807) is 12.4 Å². The second kappa shape index (κ2) is 8.47. The summed E-state index contributed by atoms with van der Waals surface area (Å²) in [6.07, 6.45) is 3.50. The minimum atomic E-state index is 0. The van der Waals surface area contributed by atoms with Crippen LogP contribution in [0.5, 0.6) is 0 Å². The summed E-state index contributed by atoms with van der Waals surface area (Å²) in [5, 5.41) is 0. The van der Waals surface area contributed by atoms with Crippen molar-refractivity contribution in [3.8, 4) is 0 Å². The smallest absolute Gasteiger partial charge is 0.0267 e. The quantitative estimate of drug-likeness (QED) is 0.595. The third kappa shape index (κ3) is 6.76. The monoisotopic (exact) mass is 173 g/mol. The van der Waals surface area contributed by atoms with E-state index in [-0.39, 0.29) is 7.43 Å². The Morgan fingerprint density at radius 3 is 0.923 bits per heavy atom. The largest absolute Gasteiger partial charge is 0.265 e. The summed E-state index contributed by atoms with van der Waals surface area (Å²) in [4.78, 5) is 3.78. The summed E-state index contributed by atoms with van der Waals surface area (Å²) >= 11 is 0. The molecule has 0 aliphatic rings. The molecule has 1 nitrogen and oxygen atoms in total. The number of hydrogen-bond donors (Lipinski definition) is 0. The first-order valence-corrected chi connectivity index (χ1v) is 3.85. The topological polar surface area (TPSA) is 12.9 Å². The van der Waals surface area contributed by atoms with E-state index in [1.165, 1.54) is 0 Å². The van der Waals surface area contributed by atoms with Gasteiger partial charge in [-0.25, -0.2) is 0 Å². The Kier molecular flexibility index (Phi) is 7.40.